The molecule has 0 spiro atoms. The molecule has 1 fully saturated rings. The molecular formula is C19H32N2. The van der Waals surface area contributed by atoms with Gasteiger partial charge in [-0.2, -0.15) is 0 Å². The Kier molecular flexibility index (Phi) is 5.83. The predicted molar refractivity (Wildman–Crippen MR) is 91.6 cm³/mol. The van der Waals surface area contributed by atoms with Crippen LogP contribution in [0.25, 0.3) is 0 Å². The first-order valence-electron chi connectivity index (χ1n) is 8.49. The lowest BCUT2D eigenvalue weighted by molar-refractivity contribution is 0.200. The van der Waals surface area contributed by atoms with E-state index in [0.717, 1.165) is 19.1 Å². The van der Waals surface area contributed by atoms with Crippen molar-refractivity contribution in [2.75, 3.05) is 13.6 Å². The van der Waals surface area contributed by atoms with Gasteiger partial charge in [-0.05, 0) is 49.8 Å². The summed E-state index contributed by atoms with van der Waals surface area (Å²) < 4.78 is 0. The van der Waals surface area contributed by atoms with E-state index < -0.39 is 0 Å². The zero-order valence-electron chi connectivity index (χ0n) is 14.4. The molecule has 1 aromatic rings. The summed E-state index contributed by atoms with van der Waals surface area (Å²) in [4.78, 5) is 2.44. The van der Waals surface area contributed by atoms with E-state index in [1.807, 2.05) is 0 Å². The van der Waals surface area contributed by atoms with Crippen LogP contribution in [0.1, 0.15) is 57.6 Å². The number of nitrogens with zero attached hydrogens (tertiary/aromatic N) is 1. The number of hydrogen-bond donors (Lipinski definition) is 1. The second kappa shape index (κ2) is 7.42. The fourth-order valence-electron chi connectivity index (χ4n) is 2.64. The lowest BCUT2D eigenvalue weighted by Gasteiger charge is -2.28. The first kappa shape index (κ1) is 16.5. The van der Waals surface area contributed by atoms with Gasteiger partial charge in [0.25, 0.3) is 0 Å². The maximum atomic E-state index is 3.62. The SMILES string of the molecule is CC(CNC1CC1)c1ccc(CN(C)C(C)C(C)C)cc1. The number of rotatable bonds is 8. The molecule has 0 radical (unpaired) electrons. The van der Waals surface area contributed by atoms with Crippen LogP contribution in [-0.2, 0) is 6.54 Å². The fourth-order valence-corrected chi connectivity index (χ4v) is 2.64. The molecule has 1 aliphatic rings. The highest BCUT2D eigenvalue weighted by atomic mass is 15.1. The standard InChI is InChI=1S/C19H32N2/c1-14(2)16(4)21(5)13-17-6-8-18(9-7-17)15(3)12-20-19-10-11-19/h6-9,14-16,19-20H,10-13H2,1-5H3. The molecule has 0 bridgehead atoms. The van der Waals surface area contributed by atoms with Gasteiger partial charge in [0, 0.05) is 25.2 Å². The van der Waals surface area contributed by atoms with E-state index in [-0.39, 0.29) is 0 Å². The van der Waals surface area contributed by atoms with Gasteiger partial charge < -0.3 is 5.32 Å². The van der Waals surface area contributed by atoms with Crippen molar-refractivity contribution in [1.29, 1.82) is 0 Å². The minimum Gasteiger partial charge on any atom is -0.313 e. The van der Waals surface area contributed by atoms with Gasteiger partial charge in [-0.25, -0.2) is 0 Å². The van der Waals surface area contributed by atoms with Gasteiger partial charge in [-0.3, -0.25) is 4.90 Å². The van der Waals surface area contributed by atoms with Crippen LogP contribution in [0.4, 0.5) is 0 Å². The average molecular weight is 288 g/mol. The molecule has 2 heteroatoms. The highest BCUT2D eigenvalue weighted by molar-refractivity contribution is 5.25. The molecule has 0 aromatic heterocycles. The third-order valence-electron chi connectivity index (χ3n) is 4.93. The summed E-state index contributed by atoms with van der Waals surface area (Å²) in [6.45, 7) is 11.3. The Hall–Kier alpha value is -0.860. The highest BCUT2D eigenvalue weighted by Gasteiger charge is 2.21. The minimum atomic E-state index is 0.604. The second-order valence-electron chi connectivity index (χ2n) is 7.22. The van der Waals surface area contributed by atoms with E-state index in [1.54, 1.807) is 0 Å². The normalized spacial score (nSPS) is 18.2. The molecule has 21 heavy (non-hydrogen) atoms. The molecule has 1 saturated carbocycles. The monoisotopic (exact) mass is 288 g/mol. The molecule has 1 aliphatic carbocycles. The zero-order chi connectivity index (χ0) is 15.4. The summed E-state index contributed by atoms with van der Waals surface area (Å²) >= 11 is 0. The first-order chi connectivity index (χ1) is 9.97. The molecule has 1 aromatic carbocycles. The summed E-state index contributed by atoms with van der Waals surface area (Å²) in [6.07, 6.45) is 2.73. The zero-order valence-corrected chi connectivity index (χ0v) is 14.4. The summed E-state index contributed by atoms with van der Waals surface area (Å²) in [5.41, 5.74) is 2.86. The largest absolute Gasteiger partial charge is 0.313 e. The van der Waals surface area contributed by atoms with Crippen LogP contribution in [0.3, 0.4) is 0 Å². The number of benzene rings is 1. The van der Waals surface area contributed by atoms with E-state index in [2.05, 4.69) is 69.2 Å². The third kappa shape index (κ3) is 5.12. The van der Waals surface area contributed by atoms with Crippen LogP contribution in [-0.4, -0.2) is 30.6 Å². The molecule has 2 nitrogen and oxygen atoms in total. The van der Waals surface area contributed by atoms with Crippen molar-refractivity contribution in [3.63, 3.8) is 0 Å². The Morgan fingerprint density at radius 2 is 1.71 bits per heavy atom. The van der Waals surface area contributed by atoms with Crippen molar-refractivity contribution in [3.8, 4) is 0 Å². The van der Waals surface area contributed by atoms with Crippen LogP contribution >= 0.6 is 0 Å². The lowest BCUT2D eigenvalue weighted by atomic mass is 9.99. The van der Waals surface area contributed by atoms with Gasteiger partial charge in [-0.15, -0.1) is 0 Å². The minimum absolute atomic E-state index is 0.604. The van der Waals surface area contributed by atoms with Crippen molar-refractivity contribution >= 4 is 0 Å². The second-order valence-corrected chi connectivity index (χ2v) is 7.22. The Balaban J connectivity index is 1.85. The molecule has 0 aliphatic heterocycles. The topological polar surface area (TPSA) is 15.3 Å². The van der Waals surface area contributed by atoms with E-state index in [9.17, 15) is 0 Å². The molecular weight excluding hydrogens is 256 g/mol. The predicted octanol–water partition coefficient (Wildman–Crippen LogP) is 4.02. The van der Waals surface area contributed by atoms with E-state index in [4.69, 9.17) is 0 Å². The van der Waals surface area contributed by atoms with Gasteiger partial charge in [0.2, 0.25) is 0 Å². The smallest absolute Gasteiger partial charge is 0.0233 e. The summed E-state index contributed by atoms with van der Waals surface area (Å²) in [5.74, 6) is 1.30. The van der Waals surface area contributed by atoms with Crippen LogP contribution in [0.15, 0.2) is 24.3 Å². The maximum absolute atomic E-state index is 3.62. The quantitative estimate of drug-likeness (QED) is 0.777. The lowest BCUT2D eigenvalue weighted by Crippen LogP contribution is -2.32. The van der Waals surface area contributed by atoms with Gasteiger partial charge in [-0.1, -0.05) is 45.0 Å². The van der Waals surface area contributed by atoms with E-state index in [0.29, 0.717) is 17.9 Å². The fraction of sp³-hybridized carbons (Fsp3) is 0.684. The number of nitrogens with one attached hydrogen (secondary N) is 1. The summed E-state index contributed by atoms with van der Waals surface area (Å²) in [5, 5.41) is 3.62. The van der Waals surface area contributed by atoms with Crippen LogP contribution in [0.5, 0.6) is 0 Å². The van der Waals surface area contributed by atoms with Crippen molar-refractivity contribution in [2.45, 2.75) is 65.1 Å². The highest BCUT2D eigenvalue weighted by Crippen LogP contribution is 2.21. The molecule has 0 heterocycles. The average Bonchev–Trinajstić information content (AvgIpc) is 3.28. The molecule has 0 saturated heterocycles. The van der Waals surface area contributed by atoms with E-state index >= 15 is 0 Å². The van der Waals surface area contributed by atoms with Crippen LogP contribution < -0.4 is 5.32 Å². The van der Waals surface area contributed by atoms with Crippen molar-refractivity contribution in [3.05, 3.63) is 35.4 Å². The Morgan fingerprint density at radius 3 is 2.24 bits per heavy atom. The van der Waals surface area contributed by atoms with Crippen molar-refractivity contribution in [1.82, 2.24) is 10.2 Å². The molecule has 2 rings (SSSR count). The number of hydrogen-bond acceptors (Lipinski definition) is 2. The summed E-state index contributed by atoms with van der Waals surface area (Å²) in [7, 11) is 2.22. The van der Waals surface area contributed by atoms with Gasteiger partial charge in [0.1, 0.15) is 0 Å². The first-order valence-corrected chi connectivity index (χ1v) is 8.49. The van der Waals surface area contributed by atoms with Crippen LogP contribution in [0.2, 0.25) is 0 Å². The third-order valence-corrected chi connectivity index (χ3v) is 4.93. The molecule has 2 unspecified atom stereocenters. The van der Waals surface area contributed by atoms with Gasteiger partial charge in [0.15, 0.2) is 0 Å². The molecule has 2 atom stereocenters. The van der Waals surface area contributed by atoms with Crippen LogP contribution in [0, 0.1) is 5.92 Å². The van der Waals surface area contributed by atoms with Crippen molar-refractivity contribution < 1.29 is 0 Å². The Morgan fingerprint density at radius 1 is 1.10 bits per heavy atom. The van der Waals surface area contributed by atoms with Crippen molar-refractivity contribution in [2.24, 2.45) is 5.92 Å². The molecule has 118 valence electrons. The Bertz CT molecular complexity index is 420. The summed E-state index contributed by atoms with van der Waals surface area (Å²) in [6, 6.07) is 10.6. The Labute approximate surface area is 130 Å². The molecule has 1 N–H and O–H groups in total. The van der Waals surface area contributed by atoms with Gasteiger partial charge in [0.05, 0.1) is 0 Å². The van der Waals surface area contributed by atoms with E-state index in [1.165, 1.54) is 24.0 Å². The maximum Gasteiger partial charge on any atom is 0.0233 e. The molecule has 0 amide bonds. The van der Waals surface area contributed by atoms with Gasteiger partial charge >= 0.3 is 0 Å².